The summed E-state index contributed by atoms with van der Waals surface area (Å²) in [6.07, 6.45) is 0.291. The predicted molar refractivity (Wildman–Crippen MR) is 84.1 cm³/mol. The molecule has 1 saturated heterocycles. The number of thioether (sulfide) groups is 1. The zero-order valence-corrected chi connectivity index (χ0v) is 13.3. The van der Waals surface area contributed by atoms with Crippen LogP contribution in [-0.2, 0) is 4.74 Å². The van der Waals surface area contributed by atoms with Crippen molar-refractivity contribution in [3.05, 3.63) is 34.4 Å². The SMILES string of the molecule is CCNC(c1cc(C)c(C)cc1C)C1CSCCO1. The lowest BCUT2D eigenvalue weighted by atomic mass is 9.93. The van der Waals surface area contributed by atoms with Crippen molar-refractivity contribution in [2.24, 2.45) is 0 Å². The Kier molecular flexibility index (Phi) is 5.31. The first-order valence-corrected chi connectivity index (χ1v) is 8.29. The fourth-order valence-corrected chi connectivity index (χ4v) is 3.58. The first kappa shape index (κ1) is 14.9. The summed E-state index contributed by atoms with van der Waals surface area (Å²) in [6, 6.07) is 4.95. The maximum Gasteiger partial charge on any atom is 0.0860 e. The van der Waals surface area contributed by atoms with E-state index in [1.54, 1.807) is 0 Å². The molecule has 1 heterocycles. The first-order chi connectivity index (χ1) is 9.13. The van der Waals surface area contributed by atoms with E-state index in [9.17, 15) is 0 Å². The normalized spacial score (nSPS) is 21.4. The van der Waals surface area contributed by atoms with E-state index in [2.05, 4.69) is 45.1 Å². The van der Waals surface area contributed by atoms with E-state index in [1.807, 2.05) is 11.8 Å². The molecule has 0 saturated carbocycles. The van der Waals surface area contributed by atoms with Gasteiger partial charge in [-0.05, 0) is 49.6 Å². The van der Waals surface area contributed by atoms with E-state index in [-0.39, 0.29) is 0 Å². The monoisotopic (exact) mass is 279 g/mol. The Bertz CT molecular complexity index is 427. The molecule has 0 bridgehead atoms. The second-order valence-corrected chi connectivity index (χ2v) is 6.46. The zero-order chi connectivity index (χ0) is 13.8. The van der Waals surface area contributed by atoms with E-state index >= 15 is 0 Å². The number of likely N-dealkylation sites (N-methyl/N-ethyl adjacent to an activating group) is 1. The molecular formula is C16H25NOS. The summed E-state index contributed by atoms with van der Waals surface area (Å²) in [6.45, 7) is 10.6. The van der Waals surface area contributed by atoms with Crippen LogP contribution in [0.3, 0.4) is 0 Å². The van der Waals surface area contributed by atoms with Gasteiger partial charge in [-0.15, -0.1) is 0 Å². The molecule has 106 valence electrons. The topological polar surface area (TPSA) is 21.3 Å². The minimum Gasteiger partial charge on any atom is -0.375 e. The van der Waals surface area contributed by atoms with Crippen LogP contribution in [0, 0.1) is 20.8 Å². The molecular weight excluding hydrogens is 254 g/mol. The number of hydrogen-bond acceptors (Lipinski definition) is 3. The van der Waals surface area contributed by atoms with E-state index in [0.29, 0.717) is 12.1 Å². The van der Waals surface area contributed by atoms with Crippen LogP contribution >= 0.6 is 11.8 Å². The van der Waals surface area contributed by atoms with Gasteiger partial charge < -0.3 is 10.1 Å². The van der Waals surface area contributed by atoms with Gasteiger partial charge in [-0.25, -0.2) is 0 Å². The van der Waals surface area contributed by atoms with Crippen molar-refractivity contribution in [3.63, 3.8) is 0 Å². The summed E-state index contributed by atoms with van der Waals surface area (Å²) < 4.78 is 5.99. The molecule has 2 unspecified atom stereocenters. The van der Waals surface area contributed by atoms with Gasteiger partial charge in [0, 0.05) is 11.5 Å². The number of aryl methyl sites for hydroxylation is 3. The molecule has 1 aliphatic rings. The van der Waals surface area contributed by atoms with Crippen LogP contribution in [0.25, 0.3) is 0 Å². The van der Waals surface area contributed by atoms with Crippen LogP contribution in [0.5, 0.6) is 0 Å². The molecule has 2 atom stereocenters. The van der Waals surface area contributed by atoms with Crippen LogP contribution in [0.2, 0.25) is 0 Å². The molecule has 19 heavy (non-hydrogen) atoms. The highest BCUT2D eigenvalue weighted by molar-refractivity contribution is 7.99. The molecule has 1 N–H and O–H groups in total. The highest BCUT2D eigenvalue weighted by atomic mass is 32.2. The first-order valence-electron chi connectivity index (χ1n) is 7.14. The zero-order valence-electron chi connectivity index (χ0n) is 12.5. The van der Waals surface area contributed by atoms with Crippen LogP contribution in [0.4, 0.5) is 0 Å². The van der Waals surface area contributed by atoms with Crippen molar-refractivity contribution >= 4 is 11.8 Å². The third-order valence-electron chi connectivity index (χ3n) is 3.85. The highest BCUT2D eigenvalue weighted by Crippen LogP contribution is 2.29. The molecule has 1 aliphatic heterocycles. The van der Waals surface area contributed by atoms with Gasteiger partial charge in [-0.3, -0.25) is 0 Å². The van der Waals surface area contributed by atoms with Crippen molar-refractivity contribution < 1.29 is 4.74 Å². The maximum absolute atomic E-state index is 5.99. The molecule has 1 aromatic rings. The minimum atomic E-state index is 0.291. The number of benzene rings is 1. The van der Waals surface area contributed by atoms with Crippen molar-refractivity contribution in [1.82, 2.24) is 5.32 Å². The molecule has 3 heteroatoms. The molecule has 2 rings (SSSR count). The smallest absolute Gasteiger partial charge is 0.0860 e. The molecule has 0 amide bonds. The Morgan fingerprint density at radius 1 is 1.26 bits per heavy atom. The highest BCUT2D eigenvalue weighted by Gasteiger charge is 2.27. The van der Waals surface area contributed by atoms with Crippen LogP contribution in [0.15, 0.2) is 12.1 Å². The average Bonchev–Trinajstić information content (AvgIpc) is 2.42. The quantitative estimate of drug-likeness (QED) is 0.913. The molecule has 0 spiro atoms. The van der Waals surface area contributed by atoms with Crippen molar-refractivity contribution in [3.8, 4) is 0 Å². The molecule has 1 fully saturated rings. The van der Waals surface area contributed by atoms with E-state index in [1.165, 1.54) is 22.3 Å². The van der Waals surface area contributed by atoms with Gasteiger partial charge in [-0.2, -0.15) is 11.8 Å². The van der Waals surface area contributed by atoms with Crippen molar-refractivity contribution in [1.29, 1.82) is 0 Å². The Balaban J connectivity index is 2.29. The minimum absolute atomic E-state index is 0.291. The van der Waals surface area contributed by atoms with E-state index in [4.69, 9.17) is 4.74 Å². The second kappa shape index (κ2) is 6.78. The summed E-state index contributed by atoms with van der Waals surface area (Å²) in [5.74, 6) is 2.21. The van der Waals surface area contributed by atoms with Crippen LogP contribution in [0.1, 0.15) is 35.2 Å². The molecule has 1 aromatic carbocycles. The standard InChI is InChI=1S/C16H25NOS/c1-5-17-16(15-10-19-7-6-18-15)14-9-12(3)11(2)8-13(14)4/h8-9,15-17H,5-7,10H2,1-4H3. The van der Waals surface area contributed by atoms with Gasteiger partial charge in [0.05, 0.1) is 18.8 Å². The van der Waals surface area contributed by atoms with Gasteiger partial charge >= 0.3 is 0 Å². The van der Waals surface area contributed by atoms with Crippen LogP contribution in [-0.4, -0.2) is 30.8 Å². The Hall–Kier alpha value is -0.510. The third kappa shape index (κ3) is 3.53. The largest absolute Gasteiger partial charge is 0.375 e. The number of ether oxygens (including phenoxy) is 1. The fourth-order valence-electron chi connectivity index (χ4n) is 2.68. The lowest BCUT2D eigenvalue weighted by molar-refractivity contribution is 0.0470. The fraction of sp³-hybridized carbons (Fsp3) is 0.625. The van der Waals surface area contributed by atoms with Crippen molar-refractivity contribution in [2.75, 3.05) is 24.7 Å². The van der Waals surface area contributed by atoms with Crippen molar-refractivity contribution in [2.45, 2.75) is 39.8 Å². The lowest BCUT2D eigenvalue weighted by Crippen LogP contribution is -2.38. The summed E-state index contributed by atoms with van der Waals surface area (Å²) in [7, 11) is 0. The van der Waals surface area contributed by atoms with Gasteiger partial charge in [-0.1, -0.05) is 19.1 Å². The predicted octanol–water partition coefficient (Wildman–Crippen LogP) is 3.39. The molecule has 0 aliphatic carbocycles. The Morgan fingerprint density at radius 3 is 2.63 bits per heavy atom. The molecule has 0 radical (unpaired) electrons. The van der Waals surface area contributed by atoms with Gasteiger partial charge in [0.1, 0.15) is 0 Å². The molecule has 2 nitrogen and oxygen atoms in total. The number of rotatable bonds is 4. The van der Waals surface area contributed by atoms with Gasteiger partial charge in [0.2, 0.25) is 0 Å². The summed E-state index contributed by atoms with van der Waals surface area (Å²) in [5.41, 5.74) is 5.51. The number of hydrogen-bond donors (Lipinski definition) is 1. The third-order valence-corrected chi connectivity index (χ3v) is 4.87. The second-order valence-electron chi connectivity index (χ2n) is 5.31. The number of nitrogens with one attached hydrogen (secondary N) is 1. The summed E-state index contributed by atoms with van der Waals surface area (Å²) in [4.78, 5) is 0. The lowest BCUT2D eigenvalue weighted by Gasteiger charge is -2.32. The van der Waals surface area contributed by atoms with Gasteiger partial charge in [0.25, 0.3) is 0 Å². The average molecular weight is 279 g/mol. The van der Waals surface area contributed by atoms with E-state index in [0.717, 1.165) is 24.7 Å². The van der Waals surface area contributed by atoms with Crippen LogP contribution < -0.4 is 5.32 Å². The Labute approximate surface area is 121 Å². The van der Waals surface area contributed by atoms with Gasteiger partial charge in [0.15, 0.2) is 0 Å². The maximum atomic E-state index is 5.99. The van der Waals surface area contributed by atoms with E-state index < -0.39 is 0 Å². The Morgan fingerprint density at radius 2 is 2.00 bits per heavy atom. The summed E-state index contributed by atoms with van der Waals surface area (Å²) in [5, 5.41) is 3.62. The summed E-state index contributed by atoms with van der Waals surface area (Å²) >= 11 is 2.00. The molecule has 0 aromatic heterocycles.